The highest BCUT2D eigenvalue weighted by atomic mass is 32.2. The van der Waals surface area contributed by atoms with Gasteiger partial charge in [0.15, 0.2) is 0 Å². The number of aliphatic imine (C=N–C) groups is 1. The quantitative estimate of drug-likeness (QED) is 0.143. The van der Waals surface area contributed by atoms with Crippen LogP contribution in [0.3, 0.4) is 0 Å². The molecule has 2 aromatic rings. The molecule has 14 heteroatoms. The van der Waals surface area contributed by atoms with Crippen LogP contribution in [0.25, 0.3) is 18.2 Å². The SMILES string of the molecule is CCC1=C(C)C(C=c2[nH]/c(=C/c3[nH]c(/C=C4\NC(=O)[C@H](C)[C@H]4[C@H](C)SC[C@H](N)C(=O)O)c(C)c3CCC(=O)O)c(CCC(=O)O)c2C)=NC1=O. The highest BCUT2D eigenvalue weighted by Crippen LogP contribution is 2.37. The van der Waals surface area contributed by atoms with Crippen LogP contribution in [0.5, 0.6) is 0 Å². The first-order valence-electron chi connectivity index (χ1n) is 16.5. The molecule has 2 aliphatic heterocycles. The summed E-state index contributed by atoms with van der Waals surface area (Å²) in [4.78, 5) is 70.9. The third kappa shape index (κ3) is 8.36. The molecule has 50 heavy (non-hydrogen) atoms. The standard InChI is InChI=1S/C36H45N5O8S/c1-7-21-16(2)27(40-35(21)47)12-25-17(3)22(8-10-31(42)43)28(38-25)14-29-23(9-11-32(44)45)18(4)26(39-29)13-30-33(19(5)34(46)41-30)20(6)50-15-24(37)36(48)49/h12-14,19-20,24,33,38-39H,7-11,15,37H2,1-6H3,(H,41,46)(H,42,43)(H,44,45)(H,48,49)/b25-12?,28-14+,30-13-/t19-,20+,24+,33+/m1/s1. The van der Waals surface area contributed by atoms with Crippen molar-refractivity contribution >= 4 is 65.4 Å². The van der Waals surface area contributed by atoms with Crippen LogP contribution >= 0.6 is 11.8 Å². The van der Waals surface area contributed by atoms with Gasteiger partial charge in [-0.25, -0.2) is 4.99 Å². The van der Waals surface area contributed by atoms with Crippen LogP contribution in [-0.2, 0) is 36.8 Å². The zero-order valence-electron chi connectivity index (χ0n) is 29.1. The van der Waals surface area contributed by atoms with Crippen molar-refractivity contribution in [1.82, 2.24) is 15.3 Å². The van der Waals surface area contributed by atoms with E-state index >= 15 is 0 Å². The number of hydrogen-bond donors (Lipinski definition) is 7. The largest absolute Gasteiger partial charge is 0.481 e. The van der Waals surface area contributed by atoms with E-state index in [0.717, 1.165) is 27.8 Å². The molecule has 0 radical (unpaired) electrons. The Morgan fingerprint density at radius 3 is 2.14 bits per heavy atom. The molecule has 8 N–H and O–H groups in total. The third-order valence-electron chi connectivity index (χ3n) is 9.56. The van der Waals surface area contributed by atoms with Crippen molar-refractivity contribution in [3.8, 4) is 0 Å². The number of H-pyrrole nitrogens is 2. The van der Waals surface area contributed by atoms with E-state index in [1.165, 1.54) is 11.8 Å². The number of carbonyl (C=O) groups is 5. The van der Waals surface area contributed by atoms with Gasteiger partial charge in [-0.05, 0) is 86.1 Å². The van der Waals surface area contributed by atoms with Crippen molar-refractivity contribution in [2.75, 3.05) is 5.75 Å². The van der Waals surface area contributed by atoms with Crippen molar-refractivity contribution in [1.29, 1.82) is 0 Å². The first-order chi connectivity index (χ1) is 23.5. The summed E-state index contributed by atoms with van der Waals surface area (Å²) >= 11 is 1.38. The maximum atomic E-state index is 12.8. The second kappa shape index (κ2) is 15.9. The van der Waals surface area contributed by atoms with Gasteiger partial charge in [-0.1, -0.05) is 20.8 Å². The zero-order valence-corrected chi connectivity index (χ0v) is 29.9. The molecular formula is C36H45N5O8S. The second-order valence-corrected chi connectivity index (χ2v) is 14.2. The number of amides is 2. The average molecular weight is 708 g/mol. The molecule has 0 aliphatic carbocycles. The lowest BCUT2D eigenvalue weighted by molar-refractivity contribution is -0.138. The Morgan fingerprint density at radius 1 is 0.920 bits per heavy atom. The van der Waals surface area contributed by atoms with E-state index in [2.05, 4.69) is 20.3 Å². The van der Waals surface area contributed by atoms with Crippen LogP contribution in [0.4, 0.5) is 0 Å². The number of hydrogen-bond acceptors (Lipinski definition) is 7. The molecule has 268 valence electrons. The topological polar surface area (TPSA) is 228 Å². The van der Waals surface area contributed by atoms with Crippen LogP contribution in [0, 0.1) is 25.7 Å². The number of thioether (sulfide) groups is 1. The van der Waals surface area contributed by atoms with Gasteiger partial charge in [0.1, 0.15) is 6.04 Å². The predicted molar refractivity (Wildman–Crippen MR) is 192 cm³/mol. The molecule has 4 heterocycles. The number of nitrogens with one attached hydrogen (secondary N) is 3. The van der Waals surface area contributed by atoms with E-state index in [9.17, 15) is 39.3 Å². The minimum absolute atomic E-state index is 0.114. The van der Waals surface area contributed by atoms with E-state index < -0.39 is 23.9 Å². The molecule has 0 aromatic carbocycles. The van der Waals surface area contributed by atoms with Gasteiger partial charge in [-0.3, -0.25) is 24.0 Å². The molecular weight excluding hydrogens is 662 g/mol. The number of nitrogens with zero attached hydrogens (tertiary/aromatic N) is 1. The van der Waals surface area contributed by atoms with E-state index in [-0.39, 0.29) is 60.3 Å². The Morgan fingerprint density at radius 2 is 1.56 bits per heavy atom. The maximum Gasteiger partial charge on any atom is 0.321 e. The van der Waals surface area contributed by atoms with Gasteiger partial charge >= 0.3 is 17.9 Å². The highest BCUT2D eigenvalue weighted by molar-refractivity contribution is 8.00. The summed E-state index contributed by atoms with van der Waals surface area (Å²) in [6.45, 7) is 11.3. The summed E-state index contributed by atoms with van der Waals surface area (Å²) in [6, 6.07) is -1.03. The summed E-state index contributed by atoms with van der Waals surface area (Å²) in [6.07, 6.45) is 6.23. The Labute approximate surface area is 293 Å². The first kappa shape index (κ1) is 38.1. The molecule has 0 unspecified atom stereocenters. The molecule has 1 fully saturated rings. The molecule has 1 saturated heterocycles. The summed E-state index contributed by atoms with van der Waals surface area (Å²) in [5, 5.41) is 32.4. The van der Waals surface area contributed by atoms with Gasteiger partial charge in [0, 0.05) is 69.0 Å². The fourth-order valence-corrected chi connectivity index (χ4v) is 7.81. The predicted octanol–water partition coefficient (Wildman–Crippen LogP) is 2.57. The molecule has 2 amide bonds. The summed E-state index contributed by atoms with van der Waals surface area (Å²) in [7, 11) is 0. The average Bonchev–Trinajstić information content (AvgIpc) is 3.69. The lowest BCUT2D eigenvalue weighted by Crippen LogP contribution is -2.34. The number of carboxylic acids is 3. The maximum absolute atomic E-state index is 12.8. The minimum Gasteiger partial charge on any atom is -0.481 e. The smallest absolute Gasteiger partial charge is 0.321 e. The van der Waals surface area contributed by atoms with Gasteiger partial charge in [0.2, 0.25) is 5.91 Å². The van der Waals surface area contributed by atoms with Crippen LogP contribution < -0.4 is 21.7 Å². The second-order valence-electron chi connectivity index (χ2n) is 12.8. The molecule has 4 rings (SSSR count). The first-order valence-corrected chi connectivity index (χ1v) is 17.6. The van der Waals surface area contributed by atoms with Crippen molar-refractivity contribution in [2.45, 2.75) is 84.9 Å². The van der Waals surface area contributed by atoms with Gasteiger partial charge in [0.05, 0.1) is 5.71 Å². The monoisotopic (exact) mass is 707 g/mol. The molecule has 2 aromatic heterocycles. The lowest BCUT2D eigenvalue weighted by atomic mass is 9.91. The number of carbonyl (C=O) groups excluding carboxylic acids is 2. The Balaban J connectivity index is 1.85. The molecule has 13 nitrogen and oxygen atoms in total. The van der Waals surface area contributed by atoms with Gasteiger partial charge in [-0.15, -0.1) is 0 Å². The number of nitrogens with two attached hydrogens (primary N) is 1. The fourth-order valence-electron chi connectivity index (χ4n) is 6.56. The Kier molecular flexibility index (Phi) is 12.1. The number of aromatic amines is 2. The summed E-state index contributed by atoms with van der Waals surface area (Å²) < 4.78 is 0. The number of carboxylic acid groups (broad SMARTS) is 3. The molecule has 2 aliphatic rings. The number of rotatable bonds is 15. The van der Waals surface area contributed by atoms with E-state index in [1.807, 2.05) is 53.7 Å². The molecule has 0 bridgehead atoms. The zero-order chi connectivity index (χ0) is 37.0. The van der Waals surface area contributed by atoms with E-state index in [4.69, 9.17) is 5.73 Å². The third-order valence-corrected chi connectivity index (χ3v) is 10.9. The van der Waals surface area contributed by atoms with Gasteiger partial charge < -0.3 is 36.3 Å². The molecule has 4 atom stereocenters. The van der Waals surface area contributed by atoms with Crippen LogP contribution in [0.1, 0.15) is 80.6 Å². The fraction of sp³-hybridized carbons (Fsp3) is 0.444. The van der Waals surface area contributed by atoms with Crippen molar-refractivity contribution in [2.24, 2.45) is 22.6 Å². The minimum atomic E-state index is -1.10. The Hall–Kier alpha value is -4.69. The van der Waals surface area contributed by atoms with Crippen molar-refractivity contribution < 1.29 is 39.3 Å². The molecule has 0 saturated carbocycles. The van der Waals surface area contributed by atoms with Crippen LogP contribution in [-0.4, -0.2) is 77.8 Å². The highest BCUT2D eigenvalue weighted by Gasteiger charge is 2.39. The number of allylic oxidation sites excluding steroid dienone is 2. The van der Waals surface area contributed by atoms with Crippen molar-refractivity contribution in [3.05, 3.63) is 61.2 Å². The number of aromatic nitrogens is 2. The van der Waals surface area contributed by atoms with Gasteiger partial charge in [-0.2, -0.15) is 11.8 Å². The normalized spacial score (nSPS) is 20.5. The lowest BCUT2D eigenvalue weighted by Gasteiger charge is -2.23. The molecule has 0 spiro atoms. The van der Waals surface area contributed by atoms with E-state index in [1.54, 1.807) is 6.08 Å². The summed E-state index contributed by atoms with van der Waals surface area (Å²) in [5.74, 6) is -3.89. The van der Waals surface area contributed by atoms with E-state index in [0.29, 0.717) is 45.5 Å². The van der Waals surface area contributed by atoms with Crippen LogP contribution in [0.15, 0.2) is 21.8 Å². The summed E-state index contributed by atoms with van der Waals surface area (Å²) in [5.41, 5.74) is 12.8. The van der Waals surface area contributed by atoms with Gasteiger partial charge in [0.25, 0.3) is 5.91 Å². The number of aliphatic carboxylic acids is 3. The van der Waals surface area contributed by atoms with Crippen LogP contribution in [0.2, 0.25) is 0 Å². The Bertz CT molecular complexity index is 1950. The van der Waals surface area contributed by atoms with Crippen molar-refractivity contribution in [3.63, 3.8) is 0 Å².